The average molecular weight is 350 g/mol. The van der Waals surface area contributed by atoms with E-state index in [9.17, 15) is 18.4 Å². The second kappa shape index (κ2) is 6.62. The molecule has 2 atom stereocenters. The number of primary amides is 1. The van der Waals surface area contributed by atoms with E-state index in [0.717, 1.165) is 11.1 Å². The number of nitrogens with one attached hydrogen (secondary N) is 3. The maximum atomic E-state index is 13.4. The van der Waals surface area contributed by atoms with Crippen LogP contribution >= 0.6 is 0 Å². The SMILES string of the molecule is CN/C(C(C)=N)=C(/C)c1ccc(NC(=O)C2C(C(N)=O)C2(F)F)cc1. The van der Waals surface area contributed by atoms with Gasteiger partial charge in [0, 0.05) is 12.7 Å². The molecule has 1 aromatic carbocycles. The van der Waals surface area contributed by atoms with E-state index in [1.54, 1.807) is 38.2 Å². The Morgan fingerprint density at radius 1 is 1.16 bits per heavy atom. The zero-order valence-corrected chi connectivity index (χ0v) is 14.1. The largest absolute Gasteiger partial charge is 0.386 e. The van der Waals surface area contributed by atoms with E-state index in [-0.39, 0.29) is 0 Å². The quantitative estimate of drug-likeness (QED) is 0.589. The zero-order chi connectivity index (χ0) is 18.9. The molecule has 0 saturated heterocycles. The third-order valence-electron chi connectivity index (χ3n) is 4.23. The Kier molecular flexibility index (Phi) is 4.92. The van der Waals surface area contributed by atoms with Crippen LogP contribution in [0.2, 0.25) is 0 Å². The first kappa shape index (κ1) is 18.6. The summed E-state index contributed by atoms with van der Waals surface area (Å²) in [5.74, 6) is -8.96. The van der Waals surface area contributed by atoms with E-state index in [4.69, 9.17) is 11.1 Å². The summed E-state index contributed by atoms with van der Waals surface area (Å²) in [6.45, 7) is 3.51. The van der Waals surface area contributed by atoms with Crippen molar-refractivity contribution in [3.05, 3.63) is 35.5 Å². The molecule has 2 unspecified atom stereocenters. The highest BCUT2D eigenvalue weighted by Crippen LogP contribution is 2.55. The van der Waals surface area contributed by atoms with E-state index in [1.807, 2.05) is 6.92 Å². The molecule has 25 heavy (non-hydrogen) atoms. The lowest BCUT2D eigenvalue weighted by atomic mass is 10.0. The van der Waals surface area contributed by atoms with E-state index in [0.29, 0.717) is 17.1 Å². The smallest absolute Gasteiger partial charge is 0.273 e. The summed E-state index contributed by atoms with van der Waals surface area (Å²) < 4.78 is 26.9. The van der Waals surface area contributed by atoms with Crippen LogP contribution in [0.15, 0.2) is 30.0 Å². The number of anilines is 1. The van der Waals surface area contributed by atoms with Crippen LogP contribution in [-0.4, -0.2) is 30.5 Å². The number of amides is 2. The van der Waals surface area contributed by atoms with Crippen molar-refractivity contribution in [1.82, 2.24) is 5.32 Å². The first-order valence-corrected chi connectivity index (χ1v) is 7.63. The van der Waals surface area contributed by atoms with Crippen LogP contribution in [0.4, 0.5) is 14.5 Å². The Hall–Kier alpha value is -2.77. The number of hydrogen-bond donors (Lipinski definition) is 4. The number of carbonyl (C=O) groups excluding carboxylic acids is 2. The molecule has 0 aromatic heterocycles. The standard InChI is InChI=1S/C17H20F2N4O2/c1-8(14(22-3)9(2)20)10-4-6-11(7-5-10)23-16(25)13-12(15(21)24)17(13,18)19/h4-7,12-13,20,22H,1-3H3,(H2,21,24)(H,23,25)/b14-8-,20-9?. The number of benzene rings is 1. The second-order valence-electron chi connectivity index (χ2n) is 5.97. The lowest BCUT2D eigenvalue weighted by Gasteiger charge is -2.12. The van der Waals surface area contributed by atoms with Crippen molar-refractivity contribution in [1.29, 1.82) is 5.41 Å². The van der Waals surface area contributed by atoms with Crippen molar-refractivity contribution in [3.63, 3.8) is 0 Å². The molecule has 6 nitrogen and oxygen atoms in total. The molecule has 1 aromatic rings. The molecule has 8 heteroatoms. The molecule has 1 fully saturated rings. The summed E-state index contributed by atoms with van der Waals surface area (Å²) >= 11 is 0. The summed E-state index contributed by atoms with van der Waals surface area (Å²) in [5.41, 5.74) is 7.95. The average Bonchev–Trinajstić information content (AvgIpc) is 3.11. The van der Waals surface area contributed by atoms with Crippen molar-refractivity contribution in [2.45, 2.75) is 19.8 Å². The van der Waals surface area contributed by atoms with Gasteiger partial charge >= 0.3 is 0 Å². The maximum Gasteiger partial charge on any atom is 0.273 e. The highest BCUT2D eigenvalue weighted by Gasteiger charge is 2.74. The molecule has 0 radical (unpaired) electrons. The summed E-state index contributed by atoms with van der Waals surface area (Å²) in [6.07, 6.45) is 0. The normalized spacial score (nSPS) is 21.8. The number of rotatable bonds is 6. The molecule has 2 rings (SSSR count). The van der Waals surface area contributed by atoms with Gasteiger partial charge < -0.3 is 21.8 Å². The van der Waals surface area contributed by atoms with Crippen molar-refractivity contribution in [2.75, 3.05) is 12.4 Å². The van der Waals surface area contributed by atoms with Gasteiger partial charge in [-0.2, -0.15) is 0 Å². The highest BCUT2D eigenvalue weighted by molar-refractivity contribution is 6.03. The lowest BCUT2D eigenvalue weighted by molar-refractivity contribution is -0.123. The van der Waals surface area contributed by atoms with E-state index >= 15 is 0 Å². The number of carbonyl (C=O) groups is 2. The molecule has 0 bridgehead atoms. The number of nitrogens with two attached hydrogens (primary N) is 1. The fourth-order valence-corrected chi connectivity index (χ4v) is 2.83. The Morgan fingerprint density at radius 3 is 2.12 bits per heavy atom. The third-order valence-corrected chi connectivity index (χ3v) is 4.23. The maximum absolute atomic E-state index is 13.4. The summed E-state index contributed by atoms with van der Waals surface area (Å²) in [5, 5.41) is 13.1. The minimum atomic E-state index is -3.39. The van der Waals surface area contributed by atoms with Crippen LogP contribution in [0.1, 0.15) is 19.4 Å². The number of hydrogen-bond acceptors (Lipinski definition) is 4. The third kappa shape index (κ3) is 3.52. The lowest BCUT2D eigenvalue weighted by Crippen LogP contribution is -2.20. The predicted octanol–water partition coefficient (Wildman–Crippen LogP) is 1.98. The summed E-state index contributed by atoms with van der Waals surface area (Å²) in [4.78, 5) is 22.9. The van der Waals surface area contributed by atoms with Crippen LogP contribution in [0, 0.1) is 17.2 Å². The minimum absolute atomic E-state index is 0.338. The molecule has 1 saturated carbocycles. The molecular formula is C17H20F2N4O2. The fraction of sp³-hybridized carbons (Fsp3) is 0.353. The van der Waals surface area contributed by atoms with Crippen LogP contribution < -0.4 is 16.4 Å². The fourth-order valence-electron chi connectivity index (χ4n) is 2.83. The van der Waals surface area contributed by atoms with Gasteiger partial charge in [-0.15, -0.1) is 0 Å². The topological polar surface area (TPSA) is 108 Å². The van der Waals surface area contributed by atoms with Crippen LogP contribution in [0.5, 0.6) is 0 Å². The monoisotopic (exact) mass is 350 g/mol. The number of allylic oxidation sites excluding steroid dienone is 2. The van der Waals surface area contributed by atoms with Gasteiger partial charge in [-0.05, 0) is 37.1 Å². The number of halogens is 2. The van der Waals surface area contributed by atoms with Gasteiger partial charge in [-0.3, -0.25) is 9.59 Å². The second-order valence-corrected chi connectivity index (χ2v) is 5.97. The minimum Gasteiger partial charge on any atom is -0.386 e. The Balaban J connectivity index is 2.13. The van der Waals surface area contributed by atoms with Crippen molar-refractivity contribution < 1.29 is 18.4 Å². The first-order chi connectivity index (χ1) is 11.6. The Labute approximate surface area is 144 Å². The van der Waals surface area contributed by atoms with Crippen molar-refractivity contribution in [2.24, 2.45) is 17.6 Å². The van der Waals surface area contributed by atoms with E-state index < -0.39 is 29.6 Å². The highest BCUT2D eigenvalue weighted by atomic mass is 19.3. The van der Waals surface area contributed by atoms with Gasteiger partial charge in [-0.1, -0.05) is 12.1 Å². The Bertz CT molecular complexity index is 756. The molecule has 0 spiro atoms. The van der Waals surface area contributed by atoms with Gasteiger partial charge in [-0.25, -0.2) is 8.78 Å². The van der Waals surface area contributed by atoms with Crippen LogP contribution in [-0.2, 0) is 9.59 Å². The van der Waals surface area contributed by atoms with E-state index in [1.165, 1.54) is 0 Å². The predicted molar refractivity (Wildman–Crippen MR) is 91.2 cm³/mol. The molecule has 1 aliphatic rings. The zero-order valence-electron chi connectivity index (χ0n) is 14.1. The Morgan fingerprint density at radius 2 is 1.72 bits per heavy atom. The summed E-state index contributed by atoms with van der Waals surface area (Å²) in [6, 6.07) is 6.57. The molecule has 1 aliphatic carbocycles. The number of alkyl halides is 2. The van der Waals surface area contributed by atoms with Gasteiger partial charge in [0.1, 0.15) is 11.8 Å². The molecule has 0 aliphatic heterocycles. The van der Waals surface area contributed by atoms with Gasteiger partial charge in [0.05, 0.1) is 11.4 Å². The van der Waals surface area contributed by atoms with Gasteiger partial charge in [0.2, 0.25) is 11.8 Å². The van der Waals surface area contributed by atoms with Crippen LogP contribution in [0.3, 0.4) is 0 Å². The molecule has 0 heterocycles. The van der Waals surface area contributed by atoms with Gasteiger partial charge in [0.25, 0.3) is 5.92 Å². The van der Waals surface area contributed by atoms with Crippen LogP contribution in [0.25, 0.3) is 5.57 Å². The van der Waals surface area contributed by atoms with Crippen molar-refractivity contribution in [3.8, 4) is 0 Å². The summed E-state index contributed by atoms with van der Waals surface area (Å²) in [7, 11) is 1.72. The first-order valence-electron chi connectivity index (χ1n) is 7.63. The molecule has 134 valence electrons. The molecule has 2 amide bonds. The molecule has 5 N–H and O–H groups in total. The van der Waals surface area contributed by atoms with Crippen molar-refractivity contribution >= 4 is 28.8 Å². The molecular weight excluding hydrogens is 330 g/mol. The van der Waals surface area contributed by atoms with E-state index in [2.05, 4.69) is 10.6 Å². The van der Waals surface area contributed by atoms with Gasteiger partial charge in [0.15, 0.2) is 0 Å².